The SMILES string of the molecule is CO/N=C(\C(=O)N[C@@H]1C(=O)N2C(C(=O)OC(=O)C(F)(F)F)=C(C=C3CCN(C4CC4)C3=O)CS[C@H]12)c1csc(N)n1. The number of hydrogen-bond acceptors (Lipinski definition) is 12. The monoisotopic (exact) mass is 614 g/mol. The van der Waals surface area contributed by atoms with Crippen LogP contribution in [0.5, 0.6) is 0 Å². The van der Waals surface area contributed by atoms with Crippen molar-refractivity contribution in [2.45, 2.75) is 42.9 Å². The lowest BCUT2D eigenvalue weighted by Gasteiger charge is -2.49. The number of oxime groups is 1. The van der Waals surface area contributed by atoms with E-state index >= 15 is 0 Å². The van der Waals surface area contributed by atoms with E-state index in [1.54, 1.807) is 4.90 Å². The Hall–Kier alpha value is -3.93. The van der Waals surface area contributed by atoms with Crippen molar-refractivity contribution in [1.29, 1.82) is 0 Å². The summed E-state index contributed by atoms with van der Waals surface area (Å²) in [7, 11) is 1.19. The minimum absolute atomic E-state index is 0.0344. The molecular formula is C23H21F3N6O7S2. The normalized spacial score (nSPS) is 23.9. The number of nitrogens with zero attached hydrogens (tertiary/aromatic N) is 4. The highest BCUT2D eigenvalue weighted by Gasteiger charge is 2.55. The largest absolute Gasteiger partial charge is 0.491 e. The van der Waals surface area contributed by atoms with Crippen molar-refractivity contribution in [3.8, 4) is 0 Å². The number of alkyl halides is 3. The first kappa shape index (κ1) is 28.6. The molecule has 13 nitrogen and oxygen atoms in total. The zero-order valence-electron chi connectivity index (χ0n) is 21.1. The highest BCUT2D eigenvalue weighted by Crippen LogP contribution is 2.42. The Balaban J connectivity index is 1.41. The molecule has 1 aromatic heterocycles. The maximum atomic E-state index is 13.2. The van der Waals surface area contributed by atoms with Gasteiger partial charge in [0.2, 0.25) is 5.91 Å². The second-order valence-electron chi connectivity index (χ2n) is 9.25. The van der Waals surface area contributed by atoms with E-state index in [9.17, 15) is 37.1 Å². The molecule has 2 saturated heterocycles. The van der Waals surface area contributed by atoms with Crippen LogP contribution in [0.3, 0.4) is 0 Å². The Kier molecular flexibility index (Phi) is 7.54. The van der Waals surface area contributed by atoms with Crippen LogP contribution in [0.15, 0.2) is 33.5 Å². The van der Waals surface area contributed by atoms with Gasteiger partial charge in [0, 0.05) is 29.3 Å². The van der Waals surface area contributed by atoms with Crippen molar-refractivity contribution in [3.05, 3.63) is 34.0 Å². The third-order valence-corrected chi connectivity index (χ3v) is 8.53. The summed E-state index contributed by atoms with van der Waals surface area (Å²) in [6.45, 7) is 0.456. The Morgan fingerprint density at radius 3 is 2.61 bits per heavy atom. The van der Waals surface area contributed by atoms with Crippen LogP contribution in [-0.4, -0.2) is 93.2 Å². The number of anilines is 1. The molecule has 41 heavy (non-hydrogen) atoms. The molecule has 0 bridgehead atoms. The summed E-state index contributed by atoms with van der Waals surface area (Å²) in [5.74, 6) is -6.47. The fraction of sp³-hybridized carbons (Fsp3) is 0.435. The maximum absolute atomic E-state index is 13.2. The van der Waals surface area contributed by atoms with Crippen molar-refractivity contribution in [2.24, 2.45) is 5.16 Å². The lowest BCUT2D eigenvalue weighted by molar-refractivity contribution is -0.201. The molecule has 5 rings (SSSR count). The van der Waals surface area contributed by atoms with Crippen LogP contribution in [0, 0.1) is 0 Å². The van der Waals surface area contributed by atoms with E-state index in [2.05, 4.69) is 20.2 Å². The number of aromatic nitrogens is 1. The molecule has 0 unspecified atom stereocenters. The first-order valence-corrected chi connectivity index (χ1v) is 14.0. The van der Waals surface area contributed by atoms with E-state index < -0.39 is 47.0 Å². The molecule has 3 N–H and O–H groups in total. The molecule has 1 aliphatic carbocycles. The van der Waals surface area contributed by atoms with E-state index in [4.69, 9.17) is 10.6 Å². The summed E-state index contributed by atoms with van der Waals surface area (Å²) in [6, 6.07) is -1.09. The minimum atomic E-state index is -5.46. The van der Waals surface area contributed by atoms with E-state index in [0.29, 0.717) is 18.5 Å². The van der Waals surface area contributed by atoms with E-state index in [1.165, 1.54) is 18.6 Å². The Bertz CT molecular complexity index is 1430. The summed E-state index contributed by atoms with van der Waals surface area (Å²) in [5.41, 5.74) is 5.17. The predicted molar refractivity (Wildman–Crippen MR) is 137 cm³/mol. The number of nitrogens with one attached hydrogen (secondary N) is 1. The molecule has 4 aliphatic rings. The molecule has 1 saturated carbocycles. The lowest BCUT2D eigenvalue weighted by atomic mass is 10.0. The van der Waals surface area contributed by atoms with Crippen LogP contribution in [0.2, 0.25) is 0 Å². The average Bonchev–Trinajstić information content (AvgIpc) is 3.57. The summed E-state index contributed by atoms with van der Waals surface area (Å²) in [4.78, 5) is 74.5. The quantitative estimate of drug-likeness (QED) is 0.111. The number of carbonyl (C=O) groups is 5. The maximum Gasteiger partial charge on any atom is 0.491 e. The molecule has 0 radical (unpaired) electrons. The van der Waals surface area contributed by atoms with Gasteiger partial charge in [-0.1, -0.05) is 5.16 Å². The summed E-state index contributed by atoms with van der Waals surface area (Å²) in [6.07, 6.45) is -2.02. The summed E-state index contributed by atoms with van der Waals surface area (Å²) >= 11 is 2.13. The smallest absolute Gasteiger partial charge is 0.398 e. The molecule has 0 aromatic carbocycles. The standard InChI is InChI=1S/C23H21F3N6O7S2/c1-38-30-13(12-8-41-22(27)28-12)16(33)29-14-18(35)32-15(20(36)39-21(37)23(24,25)26)10(7-40-19(14)32)6-9-4-5-31(17(9)34)11-2-3-11/h6,8,11,14,19H,2-5,7H2,1H3,(H2,27,28)(H,29,33)/b9-6?,30-13-/t14-,19-/m1/s1. The highest BCUT2D eigenvalue weighted by molar-refractivity contribution is 8.00. The van der Waals surface area contributed by atoms with Gasteiger partial charge < -0.3 is 25.5 Å². The molecule has 2 atom stereocenters. The fourth-order valence-electron chi connectivity index (χ4n) is 4.55. The van der Waals surface area contributed by atoms with Crippen LogP contribution in [0.25, 0.3) is 0 Å². The number of hydrogen-bond donors (Lipinski definition) is 2. The van der Waals surface area contributed by atoms with Crippen molar-refractivity contribution in [1.82, 2.24) is 20.1 Å². The molecule has 1 aromatic rings. The third kappa shape index (κ3) is 5.52. The first-order valence-electron chi connectivity index (χ1n) is 12.1. The van der Waals surface area contributed by atoms with E-state index in [0.717, 1.165) is 40.8 Å². The van der Waals surface area contributed by atoms with Gasteiger partial charge in [0.05, 0.1) is 0 Å². The highest BCUT2D eigenvalue weighted by atomic mass is 32.2. The van der Waals surface area contributed by atoms with Gasteiger partial charge in [-0.25, -0.2) is 14.6 Å². The van der Waals surface area contributed by atoms with Gasteiger partial charge in [0.25, 0.3) is 11.8 Å². The number of β-lactam (4-membered cyclic amide) rings is 1. The molecule has 218 valence electrons. The van der Waals surface area contributed by atoms with E-state index in [1.807, 2.05) is 0 Å². The number of rotatable bonds is 7. The number of thiazole rings is 1. The van der Waals surface area contributed by atoms with Gasteiger partial charge in [-0.05, 0) is 30.9 Å². The number of nitrogen functional groups attached to an aromatic ring is 1. The molecule has 18 heteroatoms. The number of thioether (sulfide) groups is 1. The van der Waals surface area contributed by atoms with Gasteiger partial charge in [0.1, 0.15) is 29.9 Å². The Morgan fingerprint density at radius 1 is 1.27 bits per heavy atom. The molecule has 3 aliphatic heterocycles. The number of likely N-dealkylation sites (tertiary alicyclic amines) is 1. The summed E-state index contributed by atoms with van der Waals surface area (Å²) < 4.78 is 42.6. The zero-order chi connectivity index (χ0) is 29.6. The average molecular weight is 615 g/mol. The molecule has 0 spiro atoms. The second-order valence-corrected chi connectivity index (χ2v) is 11.2. The predicted octanol–water partition coefficient (Wildman–Crippen LogP) is 0.683. The Morgan fingerprint density at radius 2 is 2.00 bits per heavy atom. The first-order chi connectivity index (χ1) is 19.4. The third-order valence-electron chi connectivity index (χ3n) is 6.55. The minimum Gasteiger partial charge on any atom is -0.398 e. The number of allylic oxidation sites excluding steroid dienone is 1. The van der Waals surface area contributed by atoms with Gasteiger partial charge in [-0.2, -0.15) is 13.2 Å². The van der Waals surface area contributed by atoms with E-state index in [-0.39, 0.29) is 39.8 Å². The summed E-state index contributed by atoms with van der Waals surface area (Å²) in [5, 5.41) is 6.75. The van der Waals surface area contributed by atoms with Crippen LogP contribution >= 0.6 is 23.1 Å². The van der Waals surface area contributed by atoms with Crippen LogP contribution in [0.4, 0.5) is 18.3 Å². The van der Waals surface area contributed by atoms with Crippen molar-refractivity contribution in [2.75, 3.05) is 25.1 Å². The van der Waals surface area contributed by atoms with Gasteiger partial charge >= 0.3 is 18.1 Å². The van der Waals surface area contributed by atoms with Gasteiger partial charge in [0.15, 0.2) is 10.8 Å². The molecule has 4 heterocycles. The number of amides is 3. The molecular weight excluding hydrogens is 593 g/mol. The lowest BCUT2D eigenvalue weighted by Crippen LogP contribution is -2.71. The van der Waals surface area contributed by atoms with Gasteiger partial charge in [-0.3, -0.25) is 19.3 Å². The van der Waals surface area contributed by atoms with Crippen LogP contribution < -0.4 is 11.1 Å². The van der Waals surface area contributed by atoms with Crippen molar-refractivity contribution < 1.29 is 46.7 Å². The number of nitrogens with two attached hydrogens (primary N) is 1. The fourth-order valence-corrected chi connectivity index (χ4v) is 6.40. The second kappa shape index (κ2) is 10.8. The molecule has 3 amide bonds. The van der Waals surface area contributed by atoms with Crippen molar-refractivity contribution >= 4 is 63.6 Å². The van der Waals surface area contributed by atoms with Crippen molar-refractivity contribution in [3.63, 3.8) is 0 Å². The number of carbonyl (C=O) groups excluding carboxylic acids is 5. The molecule has 3 fully saturated rings. The number of esters is 2. The number of halogens is 3. The zero-order valence-corrected chi connectivity index (χ0v) is 22.7. The number of fused-ring (bicyclic) bond motifs is 1. The Labute approximate surface area is 237 Å². The van der Waals surface area contributed by atoms with Crippen LogP contribution in [0.1, 0.15) is 25.0 Å². The topological polar surface area (TPSA) is 174 Å². The number of ether oxygens (including phenoxy) is 1. The van der Waals surface area contributed by atoms with Gasteiger partial charge in [-0.15, -0.1) is 23.1 Å². The van der Waals surface area contributed by atoms with Crippen LogP contribution in [-0.2, 0) is 33.5 Å².